The Morgan fingerprint density at radius 2 is 1.93 bits per heavy atom. The van der Waals surface area contributed by atoms with E-state index in [4.69, 9.17) is 0 Å². The number of aromatic hydroxyl groups is 1. The minimum Gasteiger partial charge on any atom is -0.506 e. The highest BCUT2D eigenvalue weighted by Crippen LogP contribution is 2.29. The standard InChI is InChI=1S/C20H19FN2O4/c1-3-11(2)23-18-15(17(24)16(19(23)25)20(26)27)9-13(10-22-18)8-12-4-6-14(21)7-5-12/h4-7,9-11,24H,3,8H2,1-2H3,(H,26,27). The summed E-state index contributed by atoms with van der Waals surface area (Å²) < 4.78 is 14.4. The summed E-state index contributed by atoms with van der Waals surface area (Å²) in [5.74, 6) is -2.41. The molecule has 0 amide bonds. The molecule has 2 N–H and O–H groups in total. The van der Waals surface area contributed by atoms with Crippen LogP contribution in [0, 0.1) is 5.82 Å². The Labute approximate surface area is 154 Å². The normalized spacial score (nSPS) is 12.3. The van der Waals surface area contributed by atoms with Crippen LogP contribution in [0.1, 0.15) is 47.8 Å². The lowest BCUT2D eigenvalue weighted by atomic mass is 10.0. The zero-order valence-electron chi connectivity index (χ0n) is 14.9. The van der Waals surface area contributed by atoms with Gasteiger partial charge in [-0.3, -0.25) is 9.36 Å². The van der Waals surface area contributed by atoms with Crippen molar-refractivity contribution < 1.29 is 19.4 Å². The fourth-order valence-electron chi connectivity index (χ4n) is 3.04. The maximum Gasteiger partial charge on any atom is 0.345 e. The number of aromatic nitrogens is 2. The number of hydrogen-bond donors (Lipinski definition) is 2. The molecule has 3 rings (SSSR count). The average molecular weight is 370 g/mol. The molecule has 6 nitrogen and oxygen atoms in total. The number of carboxylic acid groups (broad SMARTS) is 1. The largest absolute Gasteiger partial charge is 0.506 e. The van der Waals surface area contributed by atoms with Crippen LogP contribution in [0.5, 0.6) is 5.75 Å². The molecular weight excluding hydrogens is 351 g/mol. The van der Waals surface area contributed by atoms with Gasteiger partial charge in [-0.1, -0.05) is 19.1 Å². The Kier molecular flexibility index (Phi) is 4.94. The summed E-state index contributed by atoms with van der Waals surface area (Å²) in [4.78, 5) is 28.5. The SMILES string of the molecule is CCC(C)n1c(=O)c(C(=O)O)c(O)c2cc(Cc3ccc(F)cc3)cnc21. The van der Waals surface area contributed by atoms with E-state index in [2.05, 4.69) is 4.98 Å². The molecule has 0 aliphatic heterocycles. The van der Waals surface area contributed by atoms with Crippen LogP contribution in [-0.2, 0) is 6.42 Å². The second-order valence-corrected chi connectivity index (χ2v) is 6.48. The molecule has 7 heteroatoms. The third-order valence-corrected chi connectivity index (χ3v) is 4.64. The smallest absolute Gasteiger partial charge is 0.345 e. The van der Waals surface area contributed by atoms with E-state index >= 15 is 0 Å². The number of fused-ring (bicyclic) bond motifs is 1. The van der Waals surface area contributed by atoms with Gasteiger partial charge in [0.1, 0.15) is 17.2 Å². The van der Waals surface area contributed by atoms with Crippen molar-refractivity contribution >= 4 is 17.0 Å². The van der Waals surface area contributed by atoms with E-state index < -0.39 is 22.8 Å². The molecule has 0 aliphatic carbocycles. The van der Waals surface area contributed by atoms with Gasteiger partial charge >= 0.3 is 5.97 Å². The van der Waals surface area contributed by atoms with Crippen molar-refractivity contribution in [3.8, 4) is 5.75 Å². The predicted octanol–water partition coefficient (Wildman–Crippen LogP) is 3.50. The molecular formula is C20H19FN2O4. The van der Waals surface area contributed by atoms with E-state index in [-0.39, 0.29) is 22.9 Å². The molecule has 0 spiro atoms. The van der Waals surface area contributed by atoms with Gasteiger partial charge in [-0.05, 0) is 49.1 Å². The highest BCUT2D eigenvalue weighted by Gasteiger charge is 2.24. The zero-order chi connectivity index (χ0) is 19.7. The molecule has 0 aliphatic rings. The topological polar surface area (TPSA) is 92.4 Å². The number of halogens is 1. The average Bonchev–Trinajstić information content (AvgIpc) is 2.63. The Bertz CT molecular complexity index is 1070. The molecule has 1 unspecified atom stereocenters. The first-order valence-corrected chi connectivity index (χ1v) is 8.57. The van der Waals surface area contributed by atoms with Gasteiger partial charge in [0, 0.05) is 12.2 Å². The second kappa shape index (κ2) is 7.19. The fourth-order valence-corrected chi connectivity index (χ4v) is 3.04. The predicted molar refractivity (Wildman–Crippen MR) is 98.8 cm³/mol. The van der Waals surface area contributed by atoms with Gasteiger partial charge in [0.05, 0.1) is 5.39 Å². The van der Waals surface area contributed by atoms with Crippen LogP contribution in [0.2, 0.25) is 0 Å². The Morgan fingerprint density at radius 1 is 1.26 bits per heavy atom. The zero-order valence-corrected chi connectivity index (χ0v) is 14.9. The van der Waals surface area contributed by atoms with Crippen LogP contribution in [0.3, 0.4) is 0 Å². The number of pyridine rings is 2. The highest BCUT2D eigenvalue weighted by atomic mass is 19.1. The molecule has 0 fully saturated rings. The highest BCUT2D eigenvalue weighted by molar-refractivity contribution is 5.97. The molecule has 0 saturated heterocycles. The fraction of sp³-hybridized carbons (Fsp3) is 0.250. The molecule has 0 bridgehead atoms. The number of rotatable bonds is 5. The molecule has 1 atom stereocenters. The molecule has 3 aromatic rings. The van der Waals surface area contributed by atoms with Crippen LogP contribution in [0.15, 0.2) is 41.3 Å². The van der Waals surface area contributed by atoms with E-state index in [9.17, 15) is 24.2 Å². The number of carboxylic acids is 1. The summed E-state index contributed by atoms with van der Waals surface area (Å²) in [5.41, 5.74) is 0.338. The Balaban J connectivity index is 2.21. The van der Waals surface area contributed by atoms with Crippen LogP contribution in [0.4, 0.5) is 4.39 Å². The van der Waals surface area contributed by atoms with Crippen molar-refractivity contribution in [1.82, 2.24) is 9.55 Å². The number of hydrogen-bond acceptors (Lipinski definition) is 4. The van der Waals surface area contributed by atoms with Gasteiger partial charge in [0.15, 0.2) is 5.56 Å². The van der Waals surface area contributed by atoms with E-state index in [1.165, 1.54) is 16.7 Å². The van der Waals surface area contributed by atoms with Crippen LogP contribution in [0.25, 0.3) is 11.0 Å². The second-order valence-electron chi connectivity index (χ2n) is 6.48. The Morgan fingerprint density at radius 3 is 2.52 bits per heavy atom. The molecule has 2 heterocycles. The molecule has 2 aromatic heterocycles. The number of aromatic carboxylic acids is 1. The number of carbonyl (C=O) groups is 1. The minimum absolute atomic E-state index is 0.201. The molecule has 27 heavy (non-hydrogen) atoms. The monoisotopic (exact) mass is 370 g/mol. The molecule has 1 aromatic carbocycles. The van der Waals surface area contributed by atoms with Gasteiger partial charge < -0.3 is 10.2 Å². The first-order valence-electron chi connectivity index (χ1n) is 8.57. The summed E-state index contributed by atoms with van der Waals surface area (Å²) in [6, 6.07) is 7.32. The molecule has 140 valence electrons. The van der Waals surface area contributed by atoms with Crippen molar-refractivity contribution in [3.63, 3.8) is 0 Å². The third-order valence-electron chi connectivity index (χ3n) is 4.64. The van der Waals surface area contributed by atoms with Crippen molar-refractivity contribution in [2.75, 3.05) is 0 Å². The van der Waals surface area contributed by atoms with Crippen LogP contribution >= 0.6 is 0 Å². The van der Waals surface area contributed by atoms with Gasteiger partial charge in [0.2, 0.25) is 0 Å². The lowest BCUT2D eigenvalue weighted by molar-refractivity contribution is 0.0691. The maximum absolute atomic E-state index is 13.1. The van der Waals surface area contributed by atoms with Crippen molar-refractivity contribution in [3.05, 3.63) is 69.4 Å². The van der Waals surface area contributed by atoms with Gasteiger partial charge in [-0.15, -0.1) is 0 Å². The summed E-state index contributed by atoms with van der Waals surface area (Å²) >= 11 is 0. The van der Waals surface area contributed by atoms with Crippen molar-refractivity contribution in [2.45, 2.75) is 32.7 Å². The Hall–Kier alpha value is -3.22. The lowest BCUT2D eigenvalue weighted by Crippen LogP contribution is -2.29. The maximum atomic E-state index is 13.1. The molecule has 0 saturated carbocycles. The first-order chi connectivity index (χ1) is 12.8. The minimum atomic E-state index is -1.49. The first kappa shape index (κ1) is 18.6. The summed E-state index contributed by atoms with van der Waals surface area (Å²) in [7, 11) is 0. The van der Waals surface area contributed by atoms with Gasteiger partial charge in [-0.25, -0.2) is 14.2 Å². The van der Waals surface area contributed by atoms with E-state index in [0.29, 0.717) is 18.4 Å². The van der Waals surface area contributed by atoms with E-state index in [0.717, 1.165) is 5.56 Å². The van der Waals surface area contributed by atoms with E-state index in [1.54, 1.807) is 31.3 Å². The number of nitrogens with zero attached hydrogens (tertiary/aromatic N) is 2. The van der Waals surface area contributed by atoms with Crippen LogP contribution < -0.4 is 5.56 Å². The summed E-state index contributed by atoms with van der Waals surface area (Å²) in [6.07, 6.45) is 2.59. The molecule has 0 radical (unpaired) electrons. The third kappa shape index (κ3) is 3.40. The lowest BCUT2D eigenvalue weighted by Gasteiger charge is -2.18. The van der Waals surface area contributed by atoms with Gasteiger partial charge in [0.25, 0.3) is 5.56 Å². The number of benzene rings is 1. The van der Waals surface area contributed by atoms with Crippen molar-refractivity contribution in [1.29, 1.82) is 0 Å². The van der Waals surface area contributed by atoms with Crippen molar-refractivity contribution in [2.24, 2.45) is 0 Å². The van der Waals surface area contributed by atoms with Crippen LogP contribution in [-0.4, -0.2) is 25.7 Å². The quantitative estimate of drug-likeness (QED) is 0.717. The summed E-state index contributed by atoms with van der Waals surface area (Å²) in [5, 5.41) is 20.0. The summed E-state index contributed by atoms with van der Waals surface area (Å²) in [6.45, 7) is 3.66. The van der Waals surface area contributed by atoms with E-state index in [1.807, 2.05) is 6.92 Å². The van der Waals surface area contributed by atoms with Gasteiger partial charge in [-0.2, -0.15) is 0 Å².